The number of hydrogen-bond acceptors (Lipinski definition) is 5. The van der Waals surface area contributed by atoms with Gasteiger partial charge in [0.1, 0.15) is 0 Å². The van der Waals surface area contributed by atoms with Crippen LogP contribution in [-0.2, 0) is 4.74 Å². The normalized spacial score (nSPS) is 25.4. The number of carbonyl (C=O) groups excluding carboxylic acids is 1. The minimum atomic E-state index is -0.416. The number of esters is 1. The van der Waals surface area contributed by atoms with Gasteiger partial charge in [0.25, 0.3) is 0 Å². The van der Waals surface area contributed by atoms with E-state index in [0.717, 1.165) is 30.7 Å². The number of nitrogens with two attached hydrogens (primary N) is 1. The molecular formula is C14H19N3O2. The van der Waals surface area contributed by atoms with Crippen molar-refractivity contribution in [2.75, 3.05) is 30.8 Å². The van der Waals surface area contributed by atoms with Crippen molar-refractivity contribution in [1.29, 1.82) is 0 Å². The van der Waals surface area contributed by atoms with Crippen LogP contribution in [0.2, 0.25) is 0 Å². The average molecular weight is 261 g/mol. The van der Waals surface area contributed by atoms with Gasteiger partial charge in [0.2, 0.25) is 0 Å². The minimum absolute atomic E-state index is 0.323. The topological polar surface area (TPSA) is 68.5 Å². The highest BCUT2D eigenvalue weighted by Gasteiger charge is 2.37. The summed E-state index contributed by atoms with van der Waals surface area (Å²) in [6.07, 6.45) is 3.95. The van der Waals surface area contributed by atoms with Gasteiger partial charge in [-0.15, -0.1) is 0 Å². The van der Waals surface area contributed by atoms with Crippen molar-refractivity contribution >= 4 is 17.5 Å². The number of hydrogen-bond donors (Lipinski definition) is 1. The molecule has 1 aromatic heterocycles. The van der Waals surface area contributed by atoms with Crippen LogP contribution in [0, 0.1) is 11.8 Å². The molecule has 5 heteroatoms. The van der Waals surface area contributed by atoms with E-state index in [2.05, 4.69) is 9.88 Å². The van der Waals surface area contributed by atoms with Gasteiger partial charge in [-0.3, -0.25) is 0 Å². The first-order valence-corrected chi connectivity index (χ1v) is 6.79. The Bertz CT molecular complexity index is 491. The quantitative estimate of drug-likeness (QED) is 0.820. The standard InChI is InChI=1S/C14H19N3O2/c1-19-14(18)12-6-5-11(15)13(16-12)17-7-9-3-2-4-10(9)8-17/h5-6,9-10H,2-4,7-8,15H2,1H3. The highest BCUT2D eigenvalue weighted by atomic mass is 16.5. The molecule has 1 aliphatic heterocycles. The maximum Gasteiger partial charge on any atom is 0.356 e. The van der Waals surface area contributed by atoms with E-state index in [-0.39, 0.29) is 0 Å². The molecule has 2 fully saturated rings. The lowest BCUT2D eigenvalue weighted by Gasteiger charge is -2.20. The van der Waals surface area contributed by atoms with Gasteiger partial charge >= 0.3 is 5.97 Å². The van der Waals surface area contributed by atoms with Gasteiger partial charge in [-0.25, -0.2) is 9.78 Å². The number of rotatable bonds is 2. The molecule has 2 heterocycles. The molecule has 0 aromatic carbocycles. The van der Waals surface area contributed by atoms with Crippen molar-refractivity contribution in [3.63, 3.8) is 0 Å². The van der Waals surface area contributed by atoms with E-state index >= 15 is 0 Å². The molecule has 2 unspecified atom stereocenters. The summed E-state index contributed by atoms with van der Waals surface area (Å²) in [6.45, 7) is 2.01. The van der Waals surface area contributed by atoms with Crippen molar-refractivity contribution in [1.82, 2.24) is 4.98 Å². The minimum Gasteiger partial charge on any atom is -0.464 e. The molecule has 0 spiro atoms. The summed E-state index contributed by atoms with van der Waals surface area (Å²) in [6, 6.07) is 3.35. The Hall–Kier alpha value is -1.78. The Balaban J connectivity index is 1.86. The number of anilines is 2. The van der Waals surface area contributed by atoms with Gasteiger partial charge in [0, 0.05) is 13.1 Å². The fraction of sp³-hybridized carbons (Fsp3) is 0.571. The zero-order valence-corrected chi connectivity index (χ0v) is 11.1. The summed E-state index contributed by atoms with van der Waals surface area (Å²) < 4.78 is 4.71. The lowest BCUT2D eigenvalue weighted by Crippen LogP contribution is -2.24. The Morgan fingerprint density at radius 1 is 1.37 bits per heavy atom. The third-order valence-corrected chi connectivity index (χ3v) is 4.33. The number of nitrogen functional groups attached to an aromatic ring is 1. The number of aromatic nitrogens is 1. The van der Waals surface area contributed by atoms with Crippen LogP contribution in [0.5, 0.6) is 0 Å². The number of fused-ring (bicyclic) bond motifs is 1. The SMILES string of the molecule is COC(=O)c1ccc(N)c(N2CC3CCCC3C2)n1. The van der Waals surface area contributed by atoms with Crippen molar-refractivity contribution in [2.24, 2.45) is 11.8 Å². The smallest absolute Gasteiger partial charge is 0.356 e. The van der Waals surface area contributed by atoms with Crippen molar-refractivity contribution in [2.45, 2.75) is 19.3 Å². The molecular weight excluding hydrogens is 242 g/mol. The average Bonchev–Trinajstić information content (AvgIpc) is 2.99. The Kier molecular flexibility index (Phi) is 3.05. The monoisotopic (exact) mass is 261 g/mol. The zero-order valence-electron chi connectivity index (χ0n) is 11.1. The summed E-state index contributed by atoms with van der Waals surface area (Å²) in [5.74, 6) is 1.85. The Morgan fingerprint density at radius 3 is 2.68 bits per heavy atom. The van der Waals surface area contributed by atoms with Crippen LogP contribution in [0.4, 0.5) is 11.5 Å². The van der Waals surface area contributed by atoms with Crippen LogP contribution in [0.1, 0.15) is 29.8 Å². The van der Waals surface area contributed by atoms with E-state index in [4.69, 9.17) is 10.5 Å². The number of carbonyl (C=O) groups is 1. The number of methoxy groups -OCH3 is 1. The van der Waals surface area contributed by atoms with Gasteiger partial charge in [-0.1, -0.05) is 6.42 Å². The molecule has 1 saturated carbocycles. The van der Waals surface area contributed by atoms with Crippen molar-refractivity contribution in [3.8, 4) is 0 Å². The molecule has 102 valence electrons. The summed E-state index contributed by atoms with van der Waals surface area (Å²) in [5, 5.41) is 0. The first-order chi connectivity index (χ1) is 9.19. The van der Waals surface area contributed by atoms with Gasteiger partial charge in [-0.05, 0) is 36.8 Å². The van der Waals surface area contributed by atoms with Gasteiger partial charge < -0.3 is 15.4 Å². The molecule has 1 aliphatic carbocycles. The number of ether oxygens (including phenoxy) is 1. The van der Waals surface area contributed by atoms with Crippen LogP contribution >= 0.6 is 0 Å². The van der Waals surface area contributed by atoms with Crippen molar-refractivity contribution in [3.05, 3.63) is 17.8 Å². The van der Waals surface area contributed by atoms with Crippen LogP contribution in [0.25, 0.3) is 0 Å². The molecule has 1 aromatic rings. The maximum absolute atomic E-state index is 11.5. The fourth-order valence-electron chi connectivity index (χ4n) is 3.34. The molecule has 0 bridgehead atoms. The van der Waals surface area contributed by atoms with E-state index in [0.29, 0.717) is 11.4 Å². The van der Waals surface area contributed by atoms with E-state index in [1.807, 2.05) is 0 Å². The Morgan fingerprint density at radius 2 is 2.05 bits per heavy atom. The van der Waals surface area contributed by atoms with Gasteiger partial charge in [-0.2, -0.15) is 0 Å². The predicted molar refractivity (Wildman–Crippen MR) is 73.0 cm³/mol. The fourth-order valence-corrected chi connectivity index (χ4v) is 3.34. The molecule has 3 rings (SSSR count). The third-order valence-electron chi connectivity index (χ3n) is 4.33. The van der Waals surface area contributed by atoms with Crippen LogP contribution in [-0.4, -0.2) is 31.2 Å². The van der Waals surface area contributed by atoms with E-state index < -0.39 is 5.97 Å². The summed E-state index contributed by atoms with van der Waals surface area (Å²) in [7, 11) is 1.36. The zero-order chi connectivity index (χ0) is 13.4. The van der Waals surface area contributed by atoms with E-state index in [1.54, 1.807) is 12.1 Å². The van der Waals surface area contributed by atoms with E-state index in [9.17, 15) is 4.79 Å². The Labute approximate surface area is 112 Å². The summed E-state index contributed by atoms with van der Waals surface area (Å²) in [4.78, 5) is 18.1. The molecule has 0 radical (unpaired) electrons. The molecule has 2 aliphatic rings. The molecule has 0 amide bonds. The number of pyridine rings is 1. The summed E-state index contributed by atoms with van der Waals surface area (Å²) in [5.41, 5.74) is 6.96. The second kappa shape index (κ2) is 4.72. The third kappa shape index (κ3) is 2.13. The first-order valence-electron chi connectivity index (χ1n) is 6.79. The first kappa shape index (κ1) is 12.3. The maximum atomic E-state index is 11.5. The molecule has 2 N–H and O–H groups in total. The van der Waals surface area contributed by atoms with Crippen LogP contribution in [0.15, 0.2) is 12.1 Å². The molecule has 1 saturated heterocycles. The van der Waals surface area contributed by atoms with Crippen LogP contribution < -0.4 is 10.6 Å². The lowest BCUT2D eigenvalue weighted by atomic mass is 10.0. The van der Waals surface area contributed by atoms with Crippen LogP contribution in [0.3, 0.4) is 0 Å². The van der Waals surface area contributed by atoms with Gasteiger partial charge in [0.05, 0.1) is 12.8 Å². The molecule has 19 heavy (non-hydrogen) atoms. The second-order valence-corrected chi connectivity index (χ2v) is 5.46. The second-order valence-electron chi connectivity index (χ2n) is 5.46. The van der Waals surface area contributed by atoms with Crippen molar-refractivity contribution < 1.29 is 9.53 Å². The van der Waals surface area contributed by atoms with Gasteiger partial charge in [0.15, 0.2) is 11.5 Å². The highest BCUT2D eigenvalue weighted by Crippen LogP contribution is 2.40. The summed E-state index contributed by atoms with van der Waals surface area (Å²) >= 11 is 0. The molecule has 2 atom stereocenters. The largest absolute Gasteiger partial charge is 0.464 e. The lowest BCUT2D eigenvalue weighted by molar-refractivity contribution is 0.0594. The predicted octanol–water partition coefficient (Wildman–Crippen LogP) is 1.69. The number of nitrogens with zero attached hydrogens (tertiary/aromatic N) is 2. The van der Waals surface area contributed by atoms with E-state index in [1.165, 1.54) is 26.4 Å². The molecule has 5 nitrogen and oxygen atoms in total. The highest BCUT2D eigenvalue weighted by molar-refractivity contribution is 5.88.